The summed E-state index contributed by atoms with van der Waals surface area (Å²) in [6.45, 7) is 3.66. The highest BCUT2D eigenvalue weighted by molar-refractivity contribution is 6.02. The van der Waals surface area contributed by atoms with E-state index < -0.39 is 5.92 Å². The third kappa shape index (κ3) is 3.01. The predicted octanol–water partition coefficient (Wildman–Crippen LogP) is 1.67. The summed E-state index contributed by atoms with van der Waals surface area (Å²) < 4.78 is 0. The number of carbonyl (C=O) groups excluding carboxylic acids is 2. The first-order chi connectivity index (χ1) is 8.16. The number of likely N-dealkylation sites (tertiary alicyclic amines) is 1. The van der Waals surface area contributed by atoms with Gasteiger partial charge in [0.2, 0.25) is 0 Å². The maximum atomic E-state index is 11.6. The molecule has 1 atom stereocenters. The molecule has 0 amide bonds. The van der Waals surface area contributed by atoms with E-state index in [9.17, 15) is 9.59 Å². The third-order valence-electron chi connectivity index (χ3n) is 3.24. The molecule has 0 aliphatic carbocycles. The van der Waals surface area contributed by atoms with Gasteiger partial charge in [0.15, 0.2) is 0 Å². The molecule has 0 bridgehead atoms. The fourth-order valence-electron chi connectivity index (χ4n) is 2.23. The molecule has 3 heteroatoms. The minimum absolute atomic E-state index is 0.00670. The monoisotopic (exact) mass is 231 g/mol. The highest BCUT2D eigenvalue weighted by atomic mass is 16.1. The third-order valence-corrected chi connectivity index (χ3v) is 3.24. The van der Waals surface area contributed by atoms with Crippen LogP contribution in [-0.2, 0) is 16.1 Å². The number of Topliss-reactive ketones (excluding diaryl/α,β-unsaturated/α-hetero) is 2. The largest absolute Gasteiger partial charge is 0.299 e. The predicted molar refractivity (Wildman–Crippen MR) is 65.5 cm³/mol. The van der Waals surface area contributed by atoms with Crippen molar-refractivity contribution in [2.75, 3.05) is 13.1 Å². The first kappa shape index (κ1) is 12.0. The van der Waals surface area contributed by atoms with Gasteiger partial charge >= 0.3 is 0 Å². The van der Waals surface area contributed by atoms with Crippen LogP contribution in [0.15, 0.2) is 30.3 Å². The molecule has 0 spiro atoms. The van der Waals surface area contributed by atoms with Crippen molar-refractivity contribution in [3.63, 3.8) is 0 Å². The van der Waals surface area contributed by atoms with Gasteiger partial charge in [-0.1, -0.05) is 30.3 Å². The second-order valence-corrected chi connectivity index (χ2v) is 4.60. The molecule has 1 aliphatic rings. The van der Waals surface area contributed by atoms with Crippen LogP contribution >= 0.6 is 0 Å². The van der Waals surface area contributed by atoms with E-state index in [1.165, 1.54) is 12.5 Å². The van der Waals surface area contributed by atoms with Gasteiger partial charge in [0.05, 0.1) is 5.92 Å². The van der Waals surface area contributed by atoms with Gasteiger partial charge in [0, 0.05) is 26.1 Å². The Bertz CT molecular complexity index is 413. The van der Waals surface area contributed by atoms with Crippen LogP contribution in [0.2, 0.25) is 0 Å². The van der Waals surface area contributed by atoms with Crippen molar-refractivity contribution < 1.29 is 9.59 Å². The molecule has 1 aromatic carbocycles. The summed E-state index contributed by atoms with van der Waals surface area (Å²) in [4.78, 5) is 25.1. The second kappa shape index (κ2) is 5.23. The molecule has 17 heavy (non-hydrogen) atoms. The van der Waals surface area contributed by atoms with Gasteiger partial charge in [-0.3, -0.25) is 14.5 Å². The van der Waals surface area contributed by atoms with Gasteiger partial charge < -0.3 is 0 Å². The minimum atomic E-state index is -0.410. The molecular formula is C14H17NO2. The lowest BCUT2D eigenvalue weighted by Crippen LogP contribution is -2.43. The van der Waals surface area contributed by atoms with Crippen LogP contribution in [-0.4, -0.2) is 29.6 Å². The summed E-state index contributed by atoms with van der Waals surface area (Å²) in [5, 5.41) is 0. The molecule has 0 aromatic heterocycles. The number of piperidine rings is 1. The normalized spacial score (nSPS) is 21.5. The van der Waals surface area contributed by atoms with Crippen LogP contribution in [0.5, 0.6) is 0 Å². The van der Waals surface area contributed by atoms with Crippen LogP contribution in [0.4, 0.5) is 0 Å². The lowest BCUT2D eigenvalue weighted by molar-refractivity contribution is -0.135. The molecule has 1 saturated heterocycles. The summed E-state index contributed by atoms with van der Waals surface area (Å²) in [6.07, 6.45) is 0.497. The van der Waals surface area contributed by atoms with Crippen molar-refractivity contribution in [2.45, 2.75) is 19.9 Å². The number of hydrogen-bond acceptors (Lipinski definition) is 3. The van der Waals surface area contributed by atoms with Crippen molar-refractivity contribution in [3.05, 3.63) is 35.9 Å². The number of ketones is 2. The van der Waals surface area contributed by atoms with E-state index >= 15 is 0 Å². The van der Waals surface area contributed by atoms with Crippen molar-refractivity contribution in [1.29, 1.82) is 0 Å². The zero-order valence-corrected chi connectivity index (χ0v) is 10.1. The Labute approximate surface area is 101 Å². The van der Waals surface area contributed by atoms with Crippen LogP contribution in [0, 0.1) is 5.92 Å². The second-order valence-electron chi connectivity index (χ2n) is 4.60. The molecule has 0 saturated carbocycles. The Kier molecular flexibility index (Phi) is 3.69. The zero-order chi connectivity index (χ0) is 12.3. The van der Waals surface area contributed by atoms with E-state index in [4.69, 9.17) is 0 Å². The first-order valence-electron chi connectivity index (χ1n) is 5.96. The molecule has 1 aromatic rings. The van der Waals surface area contributed by atoms with Crippen molar-refractivity contribution in [3.8, 4) is 0 Å². The van der Waals surface area contributed by atoms with Crippen LogP contribution < -0.4 is 0 Å². The summed E-state index contributed by atoms with van der Waals surface area (Å²) in [5.41, 5.74) is 1.23. The summed E-state index contributed by atoms with van der Waals surface area (Å²) in [5.74, 6) is -0.318. The van der Waals surface area contributed by atoms with Gasteiger partial charge in [0.1, 0.15) is 11.6 Å². The van der Waals surface area contributed by atoms with Crippen LogP contribution in [0.25, 0.3) is 0 Å². The number of carbonyl (C=O) groups is 2. The molecule has 90 valence electrons. The highest BCUT2D eigenvalue weighted by Gasteiger charge is 2.30. The Hall–Kier alpha value is -1.48. The molecule has 1 heterocycles. The zero-order valence-electron chi connectivity index (χ0n) is 10.1. The van der Waals surface area contributed by atoms with Crippen molar-refractivity contribution in [1.82, 2.24) is 4.90 Å². The lowest BCUT2D eigenvalue weighted by atomic mass is 9.93. The molecule has 1 fully saturated rings. The molecule has 2 rings (SSSR count). The molecule has 0 unspecified atom stereocenters. The summed E-state index contributed by atoms with van der Waals surface area (Å²) in [7, 11) is 0. The number of rotatable bonds is 3. The van der Waals surface area contributed by atoms with Gasteiger partial charge in [-0.2, -0.15) is 0 Å². The SMILES string of the molecule is CC(=O)[C@@H]1CN(Cc2ccccc2)CCC1=O. The summed E-state index contributed by atoms with van der Waals surface area (Å²) in [6, 6.07) is 10.1. The van der Waals surface area contributed by atoms with Crippen molar-refractivity contribution >= 4 is 11.6 Å². The van der Waals surface area contributed by atoms with Gasteiger partial charge in [-0.25, -0.2) is 0 Å². The Balaban J connectivity index is 1.99. The first-order valence-corrected chi connectivity index (χ1v) is 5.96. The van der Waals surface area contributed by atoms with Gasteiger partial charge in [-0.15, -0.1) is 0 Å². The Morgan fingerprint density at radius 2 is 2.06 bits per heavy atom. The van der Waals surface area contributed by atoms with E-state index in [1.807, 2.05) is 18.2 Å². The Morgan fingerprint density at radius 1 is 1.35 bits per heavy atom. The van der Waals surface area contributed by atoms with E-state index in [1.54, 1.807) is 0 Å². The highest BCUT2D eigenvalue weighted by Crippen LogP contribution is 2.16. The average molecular weight is 231 g/mol. The van der Waals surface area contributed by atoms with Gasteiger partial charge in [-0.05, 0) is 12.5 Å². The van der Waals surface area contributed by atoms with E-state index in [0.29, 0.717) is 13.0 Å². The lowest BCUT2D eigenvalue weighted by Gasteiger charge is -2.30. The molecule has 0 N–H and O–H groups in total. The van der Waals surface area contributed by atoms with E-state index in [-0.39, 0.29) is 11.6 Å². The van der Waals surface area contributed by atoms with Gasteiger partial charge in [0.25, 0.3) is 0 Å². The summed E-state index contributed by atoms with van der Waals surface area (Å²) >= 11 is 0. The standard InChI is InChI=1S/C14H17NO2/c1-11(16)13-10-15(8-7-14(13)17)9-12-5-3-2-4-6-12/h2-6,13H,7-10H2,1H3/t13-/m0/s1. The number of hydrogen-bond donors (Lipinski definition) is 0. The molecule has 0 radical (unpaired) electrons. The topological polar surface area (TPSA) is 37.4 Å². The van der Waals surface area contributed by atoms with Crippen LogP contribution in [0.3, 0.4) is 0 Å². The maximum absolute atomic E-state index is 11.6. The molecular weight excluding hydrogens is 214 g/mol. The van der Waals surface area contributed by atoms with E-state index in [0.717, 1.165) is 13.1 Å². The van der Waals surface area contributed by atoms with E-state index in [2.05, 4.69) is 17.0 Å². The van der Waals surface area contributed by atoms with Crippen LogP contribution in [0.1, 0.15) is 18.9 Å². The van der Waals surface area contributed by atoms with Crippen molar-refractivity contribution in [2.24, 2.45) is 5.92 Å². The fraction of sp³-hybridized carbons (Fsp3) is 0.429. The number of nitrogens with zero attached hydrogens (tertiary/aromatic N) is 1. The molecule has 1 aliphatic heterocycles. The Morgan fingerprint density at radius 3 is 2.71 bits per heavy atom. The smallest absolute Gasteiger partial charge is 0.145 e. The average Bonchev–Trinajstić information content (AvgIpc) is 2.32. The molecule has 3 nitrogen and oxygen atoms in total. The number of benzene rings is 1. The maximum Gasteiger partial charge on any atom is 0.145 e. The minimum Gasteiger partial charge on any atom is -0.299 e. The fourth-order valence-corrected chi connectivity index (χ4v) is 2.23. The quantitative estimate of drug-likeness (QED) is 0.743.